The van der Waals surface area contributed by atoms with Gasteiger partial charge in [-0.05, 0) is 51.8 Å². The van der Waals surface area contributed by atoms with Crippen molar-refractivity contribution >= 4 is 37.5 Å². The molecular weight excluding hydrogens is 398 g/mol. The normalized spacial score (nSPS) is 10.8. The summed E-state index contributed by atoms with van der Waals surface area (Å²) in [5.41, 5.74) is 8.36. The van der Waals surface area contributed by atoms with E-state index in [1.807, 2.05) is 36.4 Å². The fraction of sp³-hybridized carbons (Fsp3) is 0.0667. The Bertz CT molecular complexity index is 786. The molecule has 106 valence electrons. The fourth-order valence-corrected chi connectivity index (χ4v) is 2.83. The molecule has 1 aromatic heterocycles. The predicted molar refractivity (Wildman–Crippen MR) is 88.8 cm³/mol. The summed E-state index contributed by atoms with van der Waals surface area (Å²) < 4.78 is 7.23. The van der Waals surface area contributed by atoms with Crippen LogP contribution in [0.2, 0.25) is 0 Å². The van der Waals surface area contributed by atoms with Gasteiger partial charge in [0.2, 0.25) is 0 Å². The minimum Gasteiger partial charge on any atom is -0.399 e. The smallest absolute Gasteiger partial charge is 0.259 e. The van der Waals surface area contributed by atoms with E-state index in [9.17, 15) is 0 Å². The molecule has 6 heteroatoms. The Kier molecular flexibility index (Phi) is 4.07. The number of anilines is 1. The molecule has 0 amide bonds. The lowest BCUT2D eigenvalue weighted by Crippen LogP contribution is -1.91. The molecule has 0 fully saturated rings. The Morgan fingerprint density at radius 2 is 1.95 bits per heavy atom. The highest BCUT2D eigenvalue weighted by Crippen LogP contribution is 2.29. The zero-order valence-electron chi connectivity index (χ0n) is 10.9. The van der Waals surface area contributed by atoms with Gasteiger partial charge in [-0.25, -0.2) is 0 Å². The molecule has 0 spiro atoms. The van der Waals surface area contributed by atoms with Gasteiger partial charge in [0.15, 0.2) is 5.82 Å². The van der Waals surface area contributed by atoms with Gasteiger partial charge in [-0.3, -0.25) is 0 Å². The number of nitrogen functional groups attached to an aromatic ring is 1. The molecule has 0 unspecified atom stereocenters. The predicted octanol–water partition coefficient (Wildman–Crippen LogP) is 4.43. The second-order valence-corrected chi connectivity index (χ2v) is 6.33. The van der Waals surface area contributed by atoms with Crippen molar-refractivity contribution in [2.24, 2.45) is 0 Å². The zero-order chi connectivity index (χ0) is 14.8. The van der Waals surface area contributed by atoms with E-state index in [2.05, 4.69) is 42.0 Å². The van der Waals surface area contributed by atoms with Crippen LogP contribution in [0.15, 0.2) is 55.9 Å². The van der Waals surface area contributed by atoms with E-state index in [0.717, 1.165) is 20.1 Å². The first-order chi connectivity index (χ1) is 10.1. The highest BCUT2D eigenvalue weighted by atomic mass is 79.9. The van der Waals surface area contributed by atoms with Crippen LogP contribution >= 0.6 is 31.9 Å². The van der Waals surface area contributed by atoms with E-state index in [-0.39, 0.29) is 0 Å². The third-order valence-corrected chi connectivity index (χ3v) is 4.12. The van der Waals surface area contributed by atoms with Crippen molar-refractivity contribution in [2.75, 3.05) is 5.73 Å². The summed E-state index contributed by atoms with van der Waals surface area (Å²) in [6.07, 6.45) is 0.614. The van der Waals surface area contributed by atoms with Gasteiger partial charge < -0.3 is 10.3 Å². The summed E-state index contributed by atoms with van der Waals surface area (Å²) in [4.78, 5) is 4.43. The minimum absolute atomic E-state index is 0.458. The maximum Gasteiger partial charge on any atom is 0.259 e. The van der Waals surface area contributed by atoms with Gasteiger partial charge in [-0.1, -0.05) is 33.2 Å². The average Bonchev–Trinajstić information content (AvgIpc) is 2.90. The summed E-state index contributed by atoms with van der Waals surface area (Å²) in [6, 6.07) is 13.5. The Hall–Kier alpha value is -1.66. The Morgan fingerprint density at radius 3 is 2.76 bits per heavy atom. The highest BCUT2D eigenvalue weighted by molar-refractivity contribution is 9.10. The van der Waals surface area contributed by atoms with Crippen LogP contribution in [0.4, 0.5) is 5.69 Å². The lowest BCUT2D eigenvalue weighted by Gasteiger charge is -2.00. The number of benzene rings is 2. The van der Waals surface area contributed by atoms with Gasteiger partial charge in [-0.2, -0.15) is 4.98 Å². The third kappa shape index (κ3) is 3.33. The van der Waals surface area contributed by atoms with E-state index >= 15 is 0 Å². The Morgan fingerprint density at radius 1 is 1.10 bits per heavy atom. The Labute approximate surface area is 138 Å². The van der Waals surface area contributed by atoms with Crippen molar-refractivity contribution in [1.29, 1.82) is 0 Å². The lowest BCUT2D eigenvalue weighted by atomic mass is 10.1. The van der Waals surface area contributed by atoms with Crippen molar-refractivity contribution in [3.8, 4) is 11.5 Å². The number of hydrogen-bond acceptors (Lipinski definition) is 4. The second kappa shape index (κ2) is 5.99. The summed E-state index contributed by atoms with van der Waals surface area (Å²) in [6.45, 7) is 0. The van der Waals surface area contributed by atoms with Gasteiger partial charge >= 0.3 is 0 Å². The molecule has 0 atom stereocenters. The van der Waals surface area contributed by atoms with Crippen molar-refractivity contribution < 1.29 is 4.52 Å². The standard InChI is InChI=1S/C15H11Br2N3O/c16-10-3-1-2-9(6-10)7-14-19-15(21-20-14)12-8-11(18)4-5-13(12)17/h1-6,8H,7,18H2. The second-order valence-electron chi connectivity index (χ2n) is 4.56. The largest absolute Gasteiger partial charge is 0.399 e. The molecule has 1 heterocycles. The molecule has 21 heavy (non-hydrogen) atoms. The van der Waals surface area contributed by atoms with E-state index in [0.29, 0.717) is 23.8 Å². The molecule has 0 bridgehead atoms. The number of rotatable bonds is 3. The molecule has 0 aliphatic carbocycles. The van der Waals surface area contributed by atoms with Crippen LogP contribution in [-0.2, 0) is 6.42 Å². The monoisotopic (exact) mass is 407 g/mol. The topological polar surface area (TPSA) is 64.9 Å². The minimum atomic E-state index is 0.458. The van der Waals surface area contributed by atoms with Crippen LogP contribution < -0.4 is 5.73 Å². The van der Waals surface area contributed by atoms with Crippen molar-refractivity contribution in [1.82, 2.24) is 10.1 Å². The van der Waals surface area contributed by atoms with Crippen molar-refractivity contribution in [2.45, 2.75) is 6.42 Å². The highest BCUT2D eigenvalue weighted by Gasteiger charge is 2.12. The number of nitrogens with two attached hydrogens (primary N) is 1. The molecule has 2 aromatic carbocycles. The van der Waals surface area contributed by atoms with Gasteiger partial charge in [-0.15, -0.1) is 0 Å². The molecule has 0 radical (unpaired) electrons. The molecule has 0 saturated heterocycles. The maximum absolute atomic E-state index is 5.80. The van der Waals surface area contributed by atoms with Crippen LogP contribution in [0, 0.1) is 0 Å². The van der Waals surface area contributed by atoms with Crippen molar-refractivity contribution in [3.63, 3.8) is 0 Å². The van der Waals surface area contributed by atoms with Crippen LogP contribution in [0.25, 0.3) is 11.5 Å². The number of nitrogens with zero attached hydrogens (tertiary/aromatic N) is 2. The number of halogens is 2. The average molecular weight is 409 g/mol. The van der Waals surface area contributed by atoms with Crippen LogP contribution in [0.5, 0.6) is 0 Å². The summed E-state index contributed by atoms with van der Waals surface area (Å²) in [7, 11) is 0. The van der Waals surface area contributed by atoms with Crippen LogP contribution in [0.1, 0.15) is 11.4 Å². The molecule has 2 N–H and O–H groups in total. The third-order valence-electron chi connectivity index (χ3n) is 2.94. The molecule has 0 aliphatic rings. The first kappa shape index (κ1) is 14.3. The first-order valence-electron chi connectivity index (χ1n) is 6.24. The van der Waals surface area contributed by atoms with Gasteiger partial charge in [0, 0.05) is 21.1 Å². The number of hydrogen-bond donors (Lipinski definition) is 1. The van der Waals surface area contributed by atoms with E-state index in [4.69, 9.17) is 10.3 Å². The van der Waals surface area contributed by atoms with Crippen LogP contribution in [-0.4, -0.2) is 10.1 Å². The SMILES string of the molecule is Nc1ccc(Br)c(-c2nc(Cc3cccc(Br)c3)no2)c1. The zero-order valence-corrected chi connectivity index (χ0v) is 14.1. The van der Waals surface area contributed by atoms with E-state index in [1.165, 1.54) is 0 Å². The first-order valence-corrected chi connectivity index (χ1v) is 7.83. The van der Waals surface area contributed by atoms with Gasteiger partial charge in [0.25, 0.3) is 5.89 Å². The summed E-state index contributed by atoms with van der Waals surface area (Å²) in [5.74, 6) is 1.09. The molecule has 3 aromatic rings. The number of aromatic nitrogens is 2. The molecule has 0 saturated carbocycles. The summed E-state index contributed by atoms with van der Waals surface area (Å²) >= 11 is 6.91. The van der Waals surface area contributed by atoms with Crippen LogP contribution in [0.3, 0.4) is 0 Å². The molecule has 4 nitrogen and oxygen atoms in total. The maximum atomic E-state index is 5.80. The molecule has 0 aliphatic heterocycles. The Balaban J connectivity index is 1.88. The fourth-order valence-electron chi connectivity index (χ4n) is 1.97. The lowest BCUT2D eigenvalue weighted by molar-refractivity contribution is 0.423. The quantitative estimate of drug-likeness (QED) is 0.650. The van der Waals surface area contributed by atoms with Gasteiger partial charge in [0.05, 0.1) is 5.56 Å². The van der Waals surface area contributed by atoms with E-state index < -0.39 is 0 Å². The molecular formula is C15H11Br2N3O. The summed E-state index contributed by atoms with van der Waals surface area (Å²) in [5, 5.41) is 4.03. The van der Waals surface area contributed by atoms with E-state index in [1.54, 1.807) is 6.07 Å². The molecule has 3 rings (SSSR count). The van der Waals surface area contributed by atoms with Crippen molar-refractivity contribution in [3.05, 3.63) is 62.8 Å². The van der Waals surface area contributed by atoms with Gasteiger partial charge in [0.1, 0.15) is 0 Å².